The number of aldehydes is 1. The Morgan fingerprint density at radius 2 is 2.04 bits per heavy atom. The largest absolute Gasteiger partial charge is 0.388 e. The fourth-order valence-corrected chi connectivity index (χ4v) is 3.37. The summed E-state index contributed by atoms with van der Waals surface area (Å²) >= 11 is 1.70. The number of fused-ring (bicyclic) bond motifs is 1. The molecule has 1 unspecified atom stereocenters. The van der Waals surface area contributed by atoms with Crippen LogP contribution in [0.25, 0.3) is 10.1 Å². The Morgan fingerprint density at radius 3 is 2.64 bits per heavy atom. The first kappa shape index (κ1) is 23.5. The van der Waals surface area contributed by atoms with Gasteiger partial charge in [-0.3, -0.25) is 9.98 Å². The molecule has 3 rings (SSSR count). The molecule has 4 nitrogen and oxygen atoms in total. The van der Waals surface area contributed by atoms with Gasteiger partial charge in [-0.25, -0.2) is 0 Å². The summed E-state index contributed by atoms with van der Waals surface area (Å²) in [6, 6.07) is 14.1. The van der Waals surface area contributed by atoms with Gasteiger partial charge in [0.2, 0.25) is 0 Å². The van der Waals surface area contributed by atoms with Crippen LogP contribution in [0.5, 0.6) is 0 Å². The SMILES string of the molecule is CC.CC(N)=NC(CC=O)c1ccc2sccc2c1.CCCc1ccccn1. The molecule has 1 atom stereocenters. The van der Waals surface area contributed by atoms with Gasteiger partial charge in [0, 0.05) is 23.0 Å². The van der Waals surface area contributed by atoms with E-state index in [0.29, 0.717) is 12.3 Å². The van der Waals surface area contributed by atoms with Crippen LogP contribution in [0.4, 0.5) is 0 Å². The molecule has 0 bridgehead atoms. The van der Waals surface area contributed by atoms with Crippen LogP contribution in [0.3, 0.4) is 0 Å². The zero-order valence-corrected chi connectivity index (χ0v) is 18.1. The van der Waals surface area contributed by atoms with Crippen LogP contribution in [0.1, 0.15) is 57.8 Å². The maximum atomic E-state index is 10.7. The molecule has 0 aliphatic heterocycles. The van der Waals surface area contributed by atoms with Crippen LogP contribution in [0.15, 0.2) is 59.0 Å². The fraction of sp³-hybridized carbons (Fsp3) is 0.348. The zero-order valence-electron chi connectivity index (χ0n) is 17.3. The summed E-state index contributed by atoms with van der Waals surface area (Å²) in [6.45, 7) is 7.90. The van der Waals surface area contributed by atoms with Crippen LogP contribution in [0, 0.1) is 0 Å². The maximum absolute atomic E-state index is 10.7. The van der Waals surface area contributed by atoms with Gasteiger partial charge in [-0.15, -0.1) is 11.3 Å². The summed E-state index contributed by atoms with van der Waals surface area (Å²) in [6.07, 6.45) is 5.36. The molecule has 1 aromatic carbocycles. The Balaban J connectivity index is 0.000000301. The van der Waals surface area contributed by atoms with Gasteiger partial charge in [-0.1, -0.05) is 39.3 Å². The highest BCUT2D eigenvalue weighted by atomic mass is 32.1. The average Bonchev–Trinajstić information content (AvgIpc) is 3.18. The summed E-state index contributed by atoms with van der Waals surface area (Å²) < 4.78 is 1.24. The molecule has 0 radical (unpaired) electrons. The molecule has 0 spiro atoms. The van der Waals surface area contributed by atoms with Gasteiger partial charge in [-0.05, 0) is 60.0 Å². The highest BCUT2D eigenvalue weighted by molar-refractivity contribution is 7.17. The number of carbonyl (C=O) groups excluding carboxylic acids is 1. The van der Waals surface area contributed by atoms with E-state index in [4.69, 9.17) is 5.73 Å². The second kappa shape index (κ2) is 13.6. The Bertz CT molecular complexity index is 839. The predicted molar refractivity (Wildman–Crippen MR) is 122 cm³/mol. The number of thiophene rings is 1. The summed E-state index contributed by atoms with van der Waals surface area (Å²) in [5, 5.41) is 3.24. The minimum Gasteiger partial charge on any atom is -0.388 e. The van der Waals surface area contributed by atoms with Crippen molar-refractivity contribution in [3.05, 3.63) is 65.3 Å². The summed E-state index contributed by atoms with van der Waals surface area (Å²) in [5.41, 5.74) is 7.82. The molecule has 0 aliphatic rings. The van der Waals surface area contributed by atoms with Gasteiger partial charge < -0.3 is 10.5 Å². The summed E-state index contributed by atoms with van der Waals surface area (Å²) in [7, 11) is 0. The number of amidine groups is 1. The molecule has 2 N–H and O–H groups in total. The van der Waals surface area contributed by atoms with E-state index in [1.165, 1.54) is 22.2 Å². The van der Waals surface area contributed by atoms with E-state index < -0.39 is 0 Å². The van der Waals surface area contributed by atoms with E-state index in [-0.39, 0.29) is 6.04 Å². The number of pyridine rings is 1. The van der Waals surface area contributed by atoms with Crippen molar-refractivity contribution >= 4 is 33.5 Å². The molecule has 0 saturated heterocycles. The van der Waals surface area contributed by atoms with Gasteiger partial charge in [0.15, 0.2) is 0 Å². The third-order valence-electron chi connectivity index (χ3n) is 3.77. The standard InChI is InChI=1S/C13H14N2OS.C8H11N.C2H6/c1-9(14)15-12(4-6-16)10-2-3-13-11(8-10)5-7-17-13;1-2-5-8-6-3-4-7-9-8;1-2/h2-3,5-8,12H,4H2,1H3,(H2,14,15);3-4,6-7H,2,5H2,1H3;1-2H3. The lowest BCUT2D eigenvalue weighted by molar-refractivity contribution is -0.108. The number of aliphatic imine (C=N–C) groups is 1. The lowest BCUT2D eigenvalue weighted by Gasteiger charge is -2.10. The highest BCUT2D eigenvalue weighted by Gasteiger charge is 2.10. The minimum atomic E-state index is -0.165. The van der Waals surface area contributed by atoms with E-state index in [2.05, 4.69) is 46.5 Å². The van der Waals surface area contributed by atoms with Crippen molar-refractivity contribution in [2.75, 3.05) is 0 Å². The number of rotatable bonds is 6. The van der Waals surface area contributed by atoms with Crippen LogP contribution in [0.2, 0.25) is 0 Å². The van der Waals surface area contributed by atoms with Gasteiger partial charge in [0.25, 0.3) is 0 Å². The van der Waals surface area contributed by atoms with Crippen molar-refractivity contribution in [2.45, 2.75) is 53.0 Å². The lowest BCUT2D eigenvalue weighted by Crippen LogP contribution is -2.09. The zero-order chi connectivity index (χ0) is 20.8. The van der Waals surface area contributed by atoms with Gasteiger partial charge in [0.1, 0.15) is 6.29 Å². The Morgan fingerprint density at radius 1 is 1.25 bits per heavy atom. The van der Waals surface area contributed by atoms with E-state index >= 15 is 0 Å². The molecule has 0 aliphatic carbocycles. The van der Waals surface area contributed by atoms with Crippen molar-refractivity contribution < 1.29 is 4.79 Å². The molecule has 2 heterocycles. The van der Waals surface area contributed by atoms with Crippen LogP contribution in [-0.4, -0.2) is 17.1 Å². The second-order valence-electron chi connectivity index (χ2n) is 5.98. The van der Waals surface area contributed by atoms with Crippen molar-refractivity contribution in [2.24, 2.45) is 10.7 Å². The van der Waals surface area contributed by atoms with E-state index in [9.17, 15) is 4.79 Å². The number of hydrogen-bond acceptors (Lipinski definition) is 4. The van der Waals surface area contributed by atoms with Gasteiger partial charge in [-0.2, -0.15) is 0 Å². The molecular weight excluding hydrogens is 366 g/mol. The van der Waals surface area contributed by atoms with E-state index in [1.54, 1.807) is 18.3 Å². The molecular formula is C23H31N3OS. The molecule has 5 heteroatoms. The molecule has 2 aromatic heterocycles. The summed E-state index contributed by atoms with van der Waals surface area (Å²) in [4.78, 5) is 19.1. The number of nitrogens with two attached hydrogens (primary N) is 1. The van der Waals surface area contributed by atoms with Crippen LogP contribution < -0.4 is 5.73 Å². The third kappa shape index (κ3) is 8.01. The smallest absolute Gasteiger partial charge is 0.122 e. The molecule has 3 aromatic rings. The number of nitrogens with zero attached hydrogens (tertiary/aromatic N) is 2. The second-order valence-corrected chi connectivity index (χ2v) is 6.93. The Kier molecular flexibility index (Phi) is 11.4. The van der Waals surface area contributed by atoms with Crippen LogP contribution in [-0.2, 0) is 11.2 Å². The maximum Gasteiger partial charge on any atom is 0.122 e. The third-order valence-corrected chi connectivity index (χ3v) is 4.67. The van der Waals surface area contributed by atoms with Crippen molar-refractivity contribution in [1.82, 2.24) is 4.98 Å². The number of hydrogen-bond donors (Lipinski definition) is 1. The van der Waals surface area contributed by atoms with E-state index in [0.717, 1.165) is 18.3 Å². The quantitative estimate of drug-likeness (QED) is 0.316. The first-order valence-electron chi connectivity index (χ1n) is 9.74. The lowest BCUT2D eigenvalue weighted by atomic mass is 10.0. The molecule has 0 amide bonds. The molecule has 28 heavy (non-hydrogen) atoms. The predicted octanol–water partition coefficient (Wildman–Crippen LogP) is 5.97. The summed E-state index contributed by atoms with van der Waals surface area (Å²) in [5.74, 6) is 0.502. The Hall–Kier alpha value is -2.53. The van der Waals surface area contributed by atoms with Gasteiger partial charge >= 0.3 is 0 Å². The molecule has 0 saturated carbocycles. The van der Waals surface area contributed by atoms with Crippen molar-refractivity contribution in [3.63, 3.8) is 0 Å². The fourth-order valence-electron chi connectivity index (χ4n) is 2.59. The normalized spacial score (nSPS) is 11.6. The van der Waals surface area contributed by atoms with Gasteiger partial charge in [0.05, 0.1) is 11.9 Å². The monoisotopic (exact) mass is 397 g/mol. The number of aryl methyl sites for hydroxylation is 1. The number of aromatic nitrogens is 1. The van der Waals surface area contributed by atoms with E-state index in [1.807, 2.05) is 38.2 Å². The topological polar surface area (TPSA) is 68.3 Å². The van der Waals surface area contributed by atoms with Crippen molar-refractivity contribution in [1.29, 1.82) is 0 Å². The number of carbonyl (C=O) groups is 1. The first-order valence-corrected chi connectivity index (χ1v) is 10.6. The van der Waals surface area contributed by atoms with Crippen molar-refractivity contribution in [3.8, 4) is 0 Å². The average molecular weight is 398 g/mol. The first-order chi connectivity index (χ1) is 13.6. The molecule has 150 valence electrons. The number of benzene rings is 1. The molecule has 0 fully saturated rings. The van der Waals surface area contributed by atoms with Crippen LogP contribution >= 0.6 is 11.3 Å². The minimum absolute atomic E-state index is 0.165. The Labute approximate surface area is 172 Å². The highest BCUT2D eigenvalue weighted by Crippen LogP contribution is 2.27.